The number of benzene rings is 2. The molecule has 1 N–H and O–H groups in total. The number of halogens is 3. The third-order valence-electron chi connectivity index (χ3n) is 5.36. The normalized spacial score (nSPS) is 12.8. The molecule has 0 radical (unpaired) electrons. The fraction of sp³-hybridized carbons (Fsp3) is 0.440. The zero-order chi connectivity index (χ0) is 24.4. The molecule has 180 valence electrons. The highest BCUT2D eigenvalue weighted by Gasteiger charge is 2.29. The number of thioether (sulfide) groups is 1. The van der Waals surface area contributed by atoms with E-state index in [4.69, 9.17) is 34.8 Å². The van der Waals surface area contributed by atoms with Gasteiger partial charge in [-0.3, -0.25) is 9.59 Å². The third-order valence-corrected chi connectivity index (χ3v) is 7.30. The number of nitrogens with one attached hydrogen (secondary N) is 1. The van der Waals surface area contributed by atoms with E-state index in [0.29, 0.717) is 34.3 Å². The Bertz CT molecular complexity index is 924. The van der Waals surface area contributed by atoms with Crippen LogP contribution in [0, 0.1) is 0 Å². The molecule has 33 heavy (non-hydrogen) atoms. The Morgan fingerprint density at radius 1 is 1.00 bits per heavy atom. The number of nitrogens with zero attached hydrogens (tertiary/aromatic N) is 1. The minimum Gasteiger partial charge on any atom is -0.352 e. The summed E-state index contributed by atoms with van der Waals surface area (Å²) in [5.74, 6) is 0.586. The van der Waals surface area contributed by atoms with Crippen molar-refractivity contribution in [3.8, 4) is 0 Å². The van der Waals surface area contributed by atoms with Crippen LogP contribution in [0.2, 0.25) is 15.1 Å². The summed E-state index contributed by atoms with van der Waals surface area (Å²) in [4.78, 5) is 29.0. The lowest BCUT2D eigenvalue weighted by Gasteiger charge is -2.32. The number of rotatable bonds is 12. The average Bonchev–Trinajstić information content (AvgIpc) is 2.78. The zero-order valence-electron chi connectivity index (χ0n) is 19.2. The summed E-state index contributed by atoms with van der Waals surface area (Å²) in [6, 6.07) is 12.3. The van der Waals surface area contributed by atoms with Gasteiger partial charge in [-0.15, -0.1) is 11.8 Å². The smallest absolute Gasteiger partial charge is 0.243 e. The SMILES string of the molecule is CCC(C)NC(=O)C(CC)N(Cc1ccc(Cl)cc1Cl)C(=O)CCCSc1ccc(Cl)cc1. The van der Waals surface area contributed by atoms with E-state index in [1.807, 2.05) is 45.0 Å². The highest BCUT2D eigenvalue weighted by atomic mass is 35.5. The van der Waals surface area contributed by atoms with Crippen LogP contribution in [0.4, 0.5) is 0 Å². The summed E-state index contributed by atoms with van der Waals surface area (Å²) in [6.45, 7) is 6.15. The van der Waals surface area contributed by atoms with Crippen molar-refractivity contribution in [2.45, 2.75) is 70.0 Å². The number of hydrogen-bond acceptors (Lipinski definition) is 3. The van der Waals surface area contributed by atoms with Gasteiger partial charge in [-0.25, -0.2) is 0 Å². The quantitative estimate of drug-likeness (QED) is 0.233. The largest absolute Gasteiger partial charge is 0.352 e. The van der Waals surface area contributed by atoms with E-state index < -0.39 is 6.04 Å². The van der Waals surface area contributed by atoms with Gasteiger partial charge in [-0.1, -0.05) is 54.7 Å². The second-order valence-corrected chi connectivity index (χ2v) is 10.4. The van der Waals surface area contributed by atoms with Gasteiger partial charge >= 0.3 is 0 Å². The Balaban J connectivity index is 2.10. The van der Waals surface area contributed by atoms with Crippen LogP contribution in [0.25, 0.3) is 0 Å². The van der Waals surface area contributed by atoms with E-state index in [-0.39, 0.29) is 24.4 Å². The van der Waals surface area contributed by atoms with Crippen LogP contribution in [-0.4, -0.2) is 34.6 Å². The predicted molar refractivity (Wildman–Crippen MR) is 140 cm³/mol. The van der Waals surface area contributed by atoms with Crippen LogP contribution in [0.3, 0.4) is 0 Å². The Morgan fingerprint density at radius 2 is 1.67 bits per heavy atom. The van der Waals surface area contributed by atoms with E-state index in [1.54, 1.807) is 34.9 Å². The molecule has 2 aromatic rings. The van der Waals surface area contributed by atoms with E-state index in [2.05, 4.69) is 5.32 Å². The Morgan fingerprint density at radius 3 is 2.27 bits per heavy atom. The highest BCUT2D eigenvalue weighted by Crippen LogP contribution is 2.25. The summed E-state index contributed by atoms with van der Waals surface area (Å²) < 4.78 is 0. The molecule has 2 amide bonds. The van der Waals surface area contributed by atoms with Crippen molar-refractivity contribution in [3.63, 3.8) is 0 Å². The fourth-order valence-electron chi connectivity index (χ4n) is 3.28. The van der Waals surface area contributed by atoms with Gasteiger partial charge < -0.3 is 10.2 Å². The van der Waals surface area contributed by atoms with Gasteiger partial charge in [0.1, 0.15) is 6.04 Å². The van der Waals surface area contributed by atoms with Gasteiger partial charge in [0.25, 0.3) is 0 Å². The molecular weight excluding hydrogens is 499 g/mol. The average molecular weight is 530 g/mol. The van der Waals surface area contributed by atoms with E-state index >= 15 is 0 Å². The Labute approximate surface area is 216 Å². The number of hydrogen-bond donors (Lipinski definition) is 1. The van der Waals surface area contributed by atoms with Gasteiger partial charge in [-0.2, -0.15) is 0 Å². The first-order chi connectivity index (χ1) is 15.7. The Hall–Kier alpha value is -1.40. The molecular formula is C25H31Cl3N2O2S. The maximum atomic E-state index is 13.3. The maximum absolute atomic E-state index is 13.3. The molecule has 2 rings (SSSR count). The van der Waals surface area contributed by atoms with E-state index in [0.717, 1.165) is 22.6 Å². The van der Waals surface area contributed by atoms with Crippen molar-refractivity contribution >= 4 is 58.4 Å². The lowest BCUT2D eigenvalue weighted by Crippen LogP contribution is -2.50. The van der Waals surface area contributed by atoms with Crippen LogP contribution >= 0.6 is 46.6 Å². The van der Waals surface area contributed by atoms with E-state index in [9.17, 15) is 9.59 Å². The topological polar surface area (TPSA) is 49.4 Å². The third kappa shape index (κ3) is 9.05. The number of carbonyl (C=O) groups is 2. The summed E-state index contributed by atoms with van der Waals surface area (Å²) in [6.07, 6.45) is 2.37. The summed E-state index contributed by atoms with van der Waals surface area (Å²) in [5.41, 5.74) is 0.764. The molecule has 2 atom stereocenters. The molecule has 0 aliphatic rings. The molecule has 0 heterocycles. The summed E-state index contributed by atoms with van der Waals surface area (Å²) >= 11 is 20.0. The second kappa shape index (κ2) is 14.1. The zero-order valence-corrected chi connectivity index (χ0v) is 22.3. The van der Waals surface area contributed by atoms with Gasteiger partial charge in [0.05, 0.1) is 0 Å². The summed E-state index contributed by atoms with van der Waals surface area (Å²) in [5, 5.41) is 4.73. The molecule has 0 aliphatic heterocycles. The minimum absolute atomic E-state index is 0.0402. The van der Waals surface area contributed by atoms with Crippen LogP contribution in [-0.2, 0) is 16.1 Å². The van der Waals surface area contributed by atoms with Gasteiger partial charge in [0, 0.05) is 39.0 Å². The van der Waals surface area contributed by atoms with Crippen molar-refractivity contribution in [2.75, 3.05) is 5.75 Å². The number of carbonyl (C=O) groups excluding carboxylic acids is 2. The van der Waals surface area contributed by atoms with Gasteiger partial charge in [-0.05, 0) is 73.9 Å². The molecule has 0 fully saturated rings. The molecule has 8 heteroatoms. The first kappa shape index (κ1) is 27.8. The van der Waals surface area contributed by atoms with Crippen LogP contribution < -0.4 is 5.32 Å². The minimum atomic E-state index is -0.567. The molecule has 0 saturated carbocycles. The molecule has 0 saturated heterocycles. The second-order valence-electron chi connectivity index (χ2n) is 7.91. The molecule has 0 aromatic heterocycles. The van der Waals surface area contributed by atoms with Crippen molar-refractivity contribution in [2.24, 2.45) is 0 Å². The van der Waals surface area contributed by atoms with Crippen LogP contribution in [0.1, 0.15) is 52.0 Å². The molecule has 2 unspecified atom stereocenters. The van der Waals surface area contributed by atoms with Gasteiger partial charge in [0.15, 0.2) is 0 Å². The van der Waals surface area contributed by atoms with Crippen molar-refractivity contribution < 1.29 is 9.59 Å². The van der Waals surface area contributed by atoms with Crippen molar-refractivity contribution in [1.29, 1.82) is 0 Å². The Kier molecular flexibility index (Phi) is 11.9. The standard InChI is InChI=1S/C25H31Cl3N2O2S/c1-4-17(3)29-25(32)23(5-2)30(16-18-8-9-20(27)15-22(18)28)24(31)7-6-14-33-21-12-10-19(26)11-13-21/h8-13,15,17,23H,4-7,14,16H2,1-3H3,(H,29,32). The molecule has 0 aliphatic carbocycles. The number of amides is 2. The van der Waals surface area contributed by atoms with Crippen molar-refractivity contribution in [1.82, 2.24) is 10.2 Å². The molecule has 0 spiro atoms. The van der Waals surface area contributed by atoms with Crippen LogP contribution in [0.5, 0.6) is 0 Å². The molecule has 0 bridgehead atoms. The monoisotopic (exact) mass is 528 g/mol. The lowest BCUT2D eigenvalue weighted by atomic mass is 10.1. The van der Waals surface area contributed by atoms with Gasteiger partial charge in [0.2, 0.25) is 11.8 Å². The van der Waals surface area contributed by atoms with Crippen molar-refractivity contribution in [3.05, 3.63) is 63.1 Å². The van der Waals surface area contributed by atoms with E-state index in [1.165, 1.54) is 0 Å². The lowest BCUT2D eigenvalue weighted by molar-refractivity contribution is -0.141. The first-order valence-electron chi connectivity index (χ1n) is 11.2. The maximum Gasteiger partial charge on any atom is 0.243 e. The summed E-state index contributed by atoms with van der Waals surface area (Å²) in [7, 11) is 0. The van der Waals surface area contributed by atoms with Crippen LogP contribution in [0.15, 0.2) is 47.4 Å². The fourth-order valence-corrected chi connectivity index (χ4v) is 4.73. The molecule has 4 nitrogen and oxygen atoms in total. The predicted octanol–water partition coefficient (Wildman–Crippen LogP) is 7.24. The highest BCUT2D eigenvalue weighted by molar-refractivity contribution is 7.99. The first-order valence-corrected chi connectivity index (χ1v) is 13.3. The molecule has 2 aromatic carbocycles.